The summed E-state index contributed by atoms with van der Waals surface area (Å²) in [6.07, 6.45) is 1.29. The van der Waals surface area contributed by atoms with E-state index in [1.165, 1.54) is 6.07 Å². The number of halogens is 2. The maximum absolute atomic E-state index is 15.0. The third-order valence-corrected chi connectivity index (χ3v) is 6.76. The van der Waals surface area contributed by atoms with Crippen LogP contribution in [0, 0.1) is 12.7 Å². The van der Waals surface area contributed by atoms with Crippen LogP contribution in [0.2, 0.25) is 5.02 Å². The first-order chi connectivity index (χ1) is 17.8. The number of rotatable bonds is 6. The molecule has 0 atom stereocenters. The van der Waals surface area contributed by atoms with E-state index >= 15 is 0 Å². The fourth-order valence-corrected chi connectivity index (χ4v) is 5.01. The van der Waals surface area contributed by atoms with E-state index in [-0.39, 0.29) is 11.9 Å². The number of nitrogens with zero attached hydrogens (tertiary/aromatic N) is 4. The van der Waals surface area contributed by atoms with E-state index in [4.69, 9.17) is 16.6 Å². The molecule has 0 saturated carbocycles. The minimum atomic E-state index is -0.738. The normalized spacial score (nSPS) is 15.3. The predicted octanol–water partition coefficient (Wildman–Crippen LogP) is 4.64. The molecule has 2 aromatic carbocycles. The third-order valence-electron chi connectivity index (χ3n) is 6.51. The molecule has 1 amide bonds. The summed E-state index contributed by atoms with van der Waals surface area (Å²) >= 11 is 6.14. The van der Waals surface area contributed by atoms with Crippen LogP contribution >= 0.6 is 11.6 Å². The highest BCUT2D eigenvalue weighted by Crippen LogP contribution is 2.33. The van der Waals surface area contributed by atoms with E-state index in [0.29, 0.717) is 57.7 Å². The second-order valence-electron chi connectivity index (χ2n) is 9.60. The molecule has 2 aromatic heterocycles. The Labute approximate surface area is 219 Å². The van der Waals surface area contributed by atoms with Crippen molar-refractivity contribution in [3.05, 3.63) is 65.2 Å². The summed E-state index contributed by atoms with van der Waals surface area (Å²) in [5, 5.41) is 10.4. The summed E-state index contributed by atoms with van der Waals surface area (Å²) in [6.45, 7) is 7.27. The summed E-state index contributed by atoms with van der Waals surface area (Å²) in [5.41, 5.74) is 1.11. The maximum atomic E-state index is 15.0. The third kappa shape index (κ3) is 4.94. The Morgan fingerprint density at radius 3 is 2.46 bits per heavy atom. The Morgan fingerprint density at radius 1 is 1.08 bits per heavy atom. The number of imidazole rings is 1. The first-order valence-electron chi connectivity index (χ1n) is 12.4. The van der Waals surface area contributed by atoms with Gasteiger partial charge in [-0.05, 0) is 83.1 Å². The van der Waals surface area contributed by atoms with Crippen LogP contribution in [0.5, 0.6) is 0 Å². The predicted molar refractivity (Wildman–Crippen MR) is 144 cm³/mol. The van der Waals surface area contributed by atoms with Gasteiger partial charge in [0.05, 0.1) is 5.56 Å². The molecule has 3 N–H and O–H groups in total. The number of carbonyl (C=O) groups is 1. The SMILES string of the molecule is Cc1nc(NC(=O)C2(NC(C)C)CCNCC2)c2nc(-c3ccccc3F)n(-c3ccc(Cl)cc3)c2n1. The summed E-state index contributed by atoms with van der Waals surface area (Å²) in [4.78, 5) is 27.7. The maximum Gasteiger partial charge on any atom is 0.245 e. The molecule has 10 heteroatoms. The topological polar surface area (TPSA) is 96.8 Å². The minimum Gasteiger partial charge on any atom is -0.317 e. The lowest BCUT2D eigenvalue weighted by molar-refractivity contribution is -0.123. The van der Waals surface area contributed by atoms with Crippen molar-refractivity contribution in [3.63, 3.8) is 0 Å². The van der Waals surface area contributed by atoms with Crippen molar-refractivity contribution in [1.82, 2.24) is 30.2 Å². The number of piperidine rings is 1. The van der Waals surface area contributed by atoms with Crippen LogP contribution in [0.3, 0.4) is 0 Å². The zero-order valence-corrected chi connectivity index (χ0v) is 21.7. The smallest absolute Gasteiger partial charge is 0.245 e. The Morgan fingerprint density at radius 2 is 1.78 bits per heavy atom. The van der Waals surface area contributed by atoms with Crippen LogP contribution in [-0.4, -0.2) is 50.1 Å². The molecule has 0 unspecified atom stereocenters. The second kappa shape index (κ2) is 10.2. The highest BCUT2D eigenvalue weighted by Gasteiger charge is 2.40. The number of nitrogens with one attached hydrogen (secondary N) is 3. The summed E-state index contributed by atoms with van der Waals surface area (Å²) in [6, 6.07) is 13.7. The zero-order valence-electron chi connectivity index (χ0n) is 21.0. The molecular weight excluding hydrogens is 493 g/mol. The molecule has 1 aliphatic rings. The Hall–Kier alpha value is -3.40. The zero-order chi connectivity index (χ0) is 26.2. The Balaban J connectivity index is 1.68. The van der Waals surface area contributed by atoms with E-state index in [2.05, 4.69) is 25.9 Å². The number of anilines is 1. The lowest BCUT2D eigenvalue weighted by Gasteiger charge is -2.38. The van der Waals surface area contributed by atoms with E-state index in [1.54, 1.807) is 41.8 Å². The fraction of sp³-hybridized carbons (Fsp3) is 0.333. The highest BCUT2D eigenvalue weighted by atomic mass is 35.5. The van der Waals surface area contributed by atoms with Crippen molar-refractivity contribution in [1.29, 1.82) is 0 Å². The van der Waals surface area contributed by atoms with Gasteiger partial charge in [0.1, 0.15) is 23.0 Å². The van der Waals surface area contributed by atoms with Crippen molar-refractivity contribution < 1.29 is 9.18 Å². The molecule has 3 heterocycles. The monoisotopic (exact) mass is 521 g/mol. The van der Waals surface area contributed by atoms with Crippen LogP contribution in [0.4, 0.5) is 10.2 Å². The van der Waals surface area contributed by atoms with Crippen LogP contribution < -0.4 is 16.0 Å². The molecule has 37 heavy (non-hydrogen) atoms. The average molecular weight is 522 g/mol. The lowest BCUT2D eigenvalue weighted by Crippen LogP contribution is -2.61. The molecular formula is C27H29ClFN7O. The first kappa shape index (κ1) is 25.3. The van der Waals surface area contributed by atoms with Crippen LogP contribution in [0.25, 0.3) is 28.2 Å². The van der Waals surface area contributed by atoms with Gasteiger partial charge in [-0.25, -0.2) is 19.3 Å². The molecule has 1 aliphatic heterocycles. The number of fused-ring (bicyclic) bond motifs is 1. The van der Waals surface area contributed by atoms with Crippen LogP contribution in [-0.2, 0) is 4.79 Å². The van der Waals surface area contributed by atoms with Gasteiger partial charge in [0.15, 0.2) is 17.0 Å². The van der Waals surface area contributed by atoms with E-state index in [0.717, 1.165) is 13.1 Å². The number of carbonyl (C=O) groups excluding carboxylic acids is 1. The van der Waals surface area contributed by atoms with Gasteiger partial charge in [0, 0.05) is 16.8 Å². The van der Waals surface area contributed by atoms with Gasteiger partial charge in [-0.15, -0.1) is 0 Å². The van der Waals surface area contributed by atoms with Gasteiger partial charge >= 0.3 is 0 Å². The molecule has 5 rings (SSSR count). The summed E-state index contributed by atoms with van der Waals surface area (Å²) in [7, 11) is 0. The molecule has 4 aromatic rings. The van der Waals surface area contributed by atoms with Gasteiger partial charge in [-0.3, -0.25) is 9.36 Å². The van der Waals surface area contributed by atoms with Gasteiger partial charge in [-0.1, -0.05) is 23.7 Å². The fourth-order valence-electron chi connectivity index (χ4n) is 4.88. The number of aromatic nitrogens is 4. The second-order valence-corrected chi connectivity index (χ2v) is 10.0. The molecule has 1 saturated heterocycles. The number of hydrogen-bond acceptors (Lipinski definition) is 6. The summed E-state index contributed by atoms with van der Waals surface area (Å²) in [5.74, 6) is 0.506. The molecule has 1 fully saturated rings. The molecule has 8 nitrogen and oxygen atoms in total. The molecule has 0 aliphatic carbocycles. The molecule has 0 bridgehead atoms. The first-order valence-corrected chi connectivity index (χ1v) is 12.7. The minimum absolute atomic E-state index is 0.118. The lowest BCUT2D eigenvalue weighted by atomic mass is 9.86. The standard InChI is InChI=1S/C27H29ClFN7O/c1-16(2)35-27(12-14-30-15-13-27)26(37)34-23-22-25(32-17(3)31-23)36(19-10-8-18(28)9-11-19)24(33-22)20-6-4-5-7-21(20)29/h4-11,16,30,35H,12-15H2,1-3H3,(H,31,32,34,37). The van der Waals surface area contributed by atoms with Crippen molar-refractivity contribution >= 4 is 34.5 Å². The van der Waals surface area contributed by atoms with Gasteiger partial charge in [0.2, 0.25) is 5.91 Å². The number of hydrogen-bond donors (Lipinski definition) is 3. The Bertz CT molecular complexity index is 1450. The average Bonchev–Trinajstić information content (AvgIpc) is 3.24. The van der Waals surface area contributed by atoms with Crippen molar-refractivity contribution in [2.75, 3.05) is 18.4 Å². The largest absolute Gasteiger partial charge is 0.317 e. The van der Waals surface area contributed by atoms with Crippen LogP contribution in [0.1, 0.15) is 32.5 Å². The van der Waals surface area contributed by atoms with Crippen molar-refractivity contribution in [3.8, 4) is 17.1 Å². The van der Waals surface area contributed by atoms with E-state index < -0.39 is 11.4 Å². The quantitative estimate of drug-likeness (QED) is 0.342. The van der Waals surface area contributed by atoms with Crippen molar-refractivity contribution in [2.24, 2.45) is 0 Å². The van der Waals surface area contributed by atoms with Gasteiger partial charge < -0.3 is 16.0 Å². The molecule has 0 spiro atoms. The number of aryl methyl sites for hydroxylation is 1. The molecule has 0 radical (unpaired) electrons. The van der Waals surface area contributed by atoms with Gasteiger partial charge in [0.25, 0.3) is 0 Å². The Kier molecular flexibility index (Phi) is 6.94. The number of benzene rings is 2. The molecule has 192 valence electrons. The van der Waals surface area contributed by atoms with Crippen molar-refractivity contribution in [2.45, 2.75) is 45.2 Å². The highest BCUT2D eigenvalue weighted by molar-refractivity contribution is 6.30. The van der Waals surface area contributed by atoms with Gasteiger partial charge in [-0.2, -0.15) is 0 Å². The number of amides is 1. The van der Waals surface area contributed by atoms with E-state index in [1.807, 2.05) is 26.0 Å². The van der Waals surface area contributed by atoms with E-state index in [9.17, 15) is 9.18 Å². The van der Waals surface area contributed by atoms with Crippen LogP contribution in [0.15, 0.2) is 48.5 Å². The summed E-state index contributed by atoms with van der Waals surface area (Å²) < 4.78 is 16.7.